The van der Waals surface area contributed by atoms with Crippen LogP contribution < -0.4 is 15.8 Å². The lowest BCUT2D eigenvalue weighted by Gasteiger charge is -2.09. The maximum Gasteiger partial charge on any atom is 0.255 e. The molecule has 0 atom stereocenters. The Hall–Kier alpha value is -2.01. The van der Waals surface area contributed by atoms with Crippen LogP contribution in [0.25, 0.3) is 0 Å². The predicted molar refractivity (Wildman–Crippen MR) is 69.7 cm³/mol. The highest BCUT2D eigenvalue weighted by molar-refractivity contribution is 6.30. The largest absolute Gasteiger partial charge is 0.436 e. The molecule has 0 fully saturated rings. The van der Waals surface area contributed by atoms with Crippen LogP contribution >= 0.6 is 11.6 Å². The van der Waals surface area contributed by atoms with Gasteiger partial charge in [0.05, 0.1) is 16.4 Å². The van der Waals surface area contributed by atoms with Crippen molar-refractivity contribution in [2.45, 2.75) is 0 Å². The molecule has 0 aliphatic carbocycles. The van der Waals surface area contributed by atoms with Gasteiger partial charge >= 0.3 is 0 Å². The molecule has 6 heteroatoms. The van der Waals surface area contributed by atoms with Crippen molar-refractivity contribution in [2.75, 3.05) is 18.1 Å². The fourth-order valence-corrected chi connectivity index (χ4v) is 1.55. The van der Waals surface area contributed by atoms with Gasteiger partial charge in [-0.3, -0.25) is 0 Å². The maximum atomic E-state index is 13.5. The molecule has 3 N–H and O–H groups in total. The number of benzene rings is 1. The zero-order chi connectivity index (χ0) is 13.1. The number of rotatable bonds is 3. The Labute approximate surface area is 109 Å². The van der Waals surface area contributed by atoms with Crippen LogP contribution in [0.2, 0.25) is 5.02 Å². The normalized spacial score (nSPS) is 10.2. The van der Waals surface area contributed by atoms with Gasteiger partial charge in [-0.05, 0) is 18.2 Å². The second kappa shape index (κ2) is 5.10. The van der Waals surface area contributed by atoms with Crippen LogP contribution in [0.15, 0.2) is 30.5 Å². The van der Waals surface area contributed by atoms with E-state index in [0.717, 1.165) is 6.07 Å². The van der Waals surface area contributed by atoms with E-state index in [9.17, 15) is 4.39 Å². The first-order chi connectivity index (χ1) is 8.60. The van der Waals surface area contributed by atoms with Crippen LogP contribution in [-0.4, -0.2) is 12.0 Å². The number of nitrogens with zero attached hydrogens (tertiary/aromatic N) is 1. The van der Waals surface area contributed by atoms with Crippen molar-refractivity contribution in [1.29, 1.82) is 0 Å². The topological polar surface area (TPSA) is 60.2 Å². The molecule has 18 heavy (non-hydrogen) atoms. The molecule has 1 aromatic carbocycles. The van der Waals surface area contributed by atoms with E-state index in [2.05, 4.69) is 10.3 Å². The van der Waals surface area contributed by atoms with Crippen molar-refractivity contribution < 1.29 is 9.13 Å². The first-order valence-electron chi connectivity index (χ1n) is 5.16. The van der Waals surface area contributed by atoms with Crippen LogP contribution in [-0.2, 0) is 0 Å². The number of nitrogens with one attached hydrogen (secondary N) is 1. The Balaban J connectivity index is 2.28. The third-order valence-corrected chi connectivity index (χ3v) is 2.49. The summed E-state index contributed by atoms with van der Waals surface area (Å²) in [5, 5.41) is 3.12. The lowest BCUT2D eigenvalue weighted by atomic mass is 10.2. The number of hydrogen-bond acceptors (Lipinski definition) is 4. The first-order valence-corrected chi connectivity index (χ1v) is 5.54. The van der Waals surface area contributed by atoms with E-state index in [1.807, 2.05) is 0 Å². The quantitative estimate of drug-likeness (QED) is 0.838. The van der Waals surface area contributed by atoms with Crippen LogP contribution in [0.1, 0.15) is 0 Å². The Morgan fingerprint density at radius 1 is 1.39 bits per heavy atom. The number of ether oxygens (including phenoxy) is 1. The molecule has 0 bridgehead atoms. The predicted octanol–water partition coefficient (Wildman–Crippen LogP) is 3.29. The van der Waals surface area contributed by atoms with E-state index in [-0.39, 0.29) is 10.9 Å². The lowest BCUT2D eigenvalue weighted by molar-refractivity contribution is 0.423. The van der Waals surface area contributed by atoms with Gasteiger partial charge in [-0.15, -0.1) is 0 Å². The van der Waals surface area contributed by atoms with Crippen LogP contribution in [0.4, 0.5) is 15.8 Å². The molecule has 1 heterocycles. The van der Waals surface area contributed by atoms with E-state index in [0.29, 0.717) is 17.1 Å². The molecule has 0 spiro atoms. The molecule has 0 saturated heterocycles. The SMILES string of the molecule is CNc1cc(Oc2ncc(Cl)cc2F)ccc1N. The molecule has 1 aromatic heterocycles. The second-order valence-electron chi connectivity index (χ2n) is 3.54. The summed E-state index contributed by atoms with van der Waals surface area (Å²) in [7, 11) is 1.73. The first kappa shape index (κ1) is 12.4. The summed E-state index contributed by atoms with van der Waals surface area (Å²) >= 11 is 5.60. The van der Waals surface area contributed by atoms with Gasteiger partial charge in [0.1, 0.15) is 5.75 Å². The van der Waals surface area contributed by atoms with Gasteiger partial charge in [-0.25, -0.2) is 9.37 Å². The van der Waals surface area contributed by atoms with Crippen molar-refractivity contribution in [3.05, 3.63) is 41.3 Å². The van der Waals surface area contributed by atoms with Gasteiger partial charge in [-0.2, -0.15) is 0 Å². The van der Waals surface area contributed by atoms with E-state index in [4.69, 9.17) is 22.1 Å². The number of nitrogen functional groups attached to an aromatic ring is 1. The Kier molecular flexibility index (Phi) is 3.53. The van der Waals surface area contributed by atoms with Crippen LogP contribution in [0, 0.1) is 5.82 Å². The molecule has 0 radical (unpaired) electrons. The Morgan fingerprint density at radius 2 is 2.17 bits per heavy atom. The number of anilines is 2. The molecule has 0 amide bonds. The third-order valence-electron chi connectivity index (χ3n) is 2.28. The highest BCUT2D eigenvalue weighted by Gasteiger charge is 2.08. The molecule has 0 aliphatic heterocycles. The highest BCUT2D eigenvalue weighted by Crippen LogP contribution is 2.28. The van der Waals surface area contributed by atoms with Crippen LogP contribution in [0.3, 0.4) is 0 Å². The van der Waals surface area contributed by atoms with Crippen molar-refractivity contribution in [3.63, 3.8) is 0 Å². The summed E-state index contributed by atoms with van der Waals surface area (Å²) in [6.07, 6.45) is 1.32. The summed E-state index contributed by atoms with van der Waals surface area (Å²) in [5.74, 6) is -0.321. The summed E-state index contributed by atoms with van der Waals surface area (Å²) in [5.41, 5.74) is 6.99. The summed E-state index contributed by atoms with van der Waals surface area (Å²) < 4.78 is 18.8. The smallest absolute Gasteiger partial charge is 0.255 e. The summed E-state index contributed by atoms with van der Waals surface area (Å²) in [4.78, 5) is 3.77. The highest BCUT2D eigenvalue weighted by atomic mass is 35.5. The van der Waals surface area contributed by atoms with Crippen molar-refractivity contribution >= 4 is 23.0 Å². The molecule has 4 nitrogen and oxygen atoms in total. The zero-order valence-electron chi connectivity index (χ0n) is 9.58. The fourth-order valence-electron chi connectivity index (χ4n) is 1.40. The molecule has 94 valence electrons. The number of hydrogen-bond donors (Lipinski definition) is 2. The minimum Gasteiger partial charge on any atom is -0.436 e. The lowest BCUT2D eigenvalue weighted by Crippen LogP contribution is -1.97. The maximum absolute atomic E-state index is 13.5. The van der Waals surface area contributed by atoms with Gasteiger partial charge in [0, 0.05) is 19.3 Å². The van der Waals surface area contributed by atoms with Crippen molar-refractivity contribution in [2.24, 2.45) is 0 Å². The molecule has 0 aliphatic rings. The number of halogens is 2. The van der Waals surface area contributed by atoms with E-state index in [1.54, 1.807) is 25.2 Å². The third kappa shape index (κ3) is 2.62. The zero-order valence-corrected chi connectivity index (χ0v) is 10.3. The number of pyridine rings is 1. The average molecular weight is 268 g/mol. The average Bonchev–Trinajstić information content (AvgIpc) is 2.35. The van der Waals surface area contributed by atoms with Gasteiger partial charge in [0.2, 0.25) is 0 Å². The van der Waals surface area contributed by atoms with E-state index in [1.165, 1.54) is 6.20 Å². The summed E-state index contributed by atoms with van der Waals surface area (Å²) in [6, 6.07) is 6.09. The minimum atomic E-state index is -0.620. The molecular formula is C12H11ClFN3O. The molecule has 2 aromatic rings. The van der Waals surface area contributed by atoms with E-state index < -0.39 is 5.82 Å². The van der Waals surface area contributed by atoms with Crippen LogP contribution in [0.5, 0.6) is 11.6 Å². The molecular weight excluding hydrogens is 257 g/mol. The standard InChI is InChI=1S/C12H11ClFN3O/c1-16-11-5-8(2-3-10(11)15)18-12-9(14)4-7(13)6-17-12/h2-6,16H,15H2,1H3. The Morgan fingerprint density at radius 3 is 2.83 bits per heavy atom. The van der Waals surface area contributed by atoms with E-state index >= 15 is 0 Å². The Bertz CT molecular complexity index is 577. The summed E-state index contributed by atoms with van der Waals surface area (Å²) in [6.45, 7) is 0. The second-order valence-corrected chi connectivity index (χ2v) is 3.98. The van der Waals surface area contributed by atoms with Crippen molar-refractivity contribution in [3.8, 4) is 11.6 Å². The van der Waals surface area contributed by atoms with Gasteiger partial charge in [0.15, 0.2) is 5.82 Å². The molecule has 2 rings (SSSR count). The number of nitrogens with two attached hydrogens (primary N) is 1. The van der Waals surface area contributed by atoms with Crippen molar-refractivity contribution in [1.82, 2.24) is 4.98 Å². The minimum absolute atomic E-state index is 0.133. The number of aromatic nitrogens is 1. The van der Waals surface area contributed by atoms with Gasteiger partial charge in [-0.1, -0.05) is 11.6 Å². The molecule has 0 unspecified atom stereocenters. The monoisotopic (exact) mass is 267 g/mol. The molecule has 0 saturated carbocycles. The van der Waals surface area contributed by atoms with Gasteiger partial charge < -0.3 is 15.8 Å². The van der Waals surface area contributed by atoms with Gasteiger partial charge in [0.25, 0.3) is 5.88 Å². The fraction of sp³-hybridized carbons (Fsp3) is 0.0833.